The minimum Gasteiger partial charge on any atom is -0.399 e. The lowest BCUT2D eigenvalue weighted by Gasteiger charge is -2.25. The van der Waals surface area contributed by atoms with Crippen LogP contribution < -0.4 is 10.6 Å². The number of anilines is 2. The maximum atomic E-state index is 13.2. The standard InChI is InChI=1S/C19H24FN3O2S/c1-22(2)19-10-7-17(21)11-15(19)13-23(12-14-3-4-14)26(24,25)18-8-5-16(20)6-9-18/h5-11,14H,3-4,12-13,21H2,1-2H3. The van der Waals surface area contributed by atoms with Crippen LogP contribution in [0.15, 0.2) is 47.4 Å². The molecule has 0 atom stereocenters. The minimum atomic E-state index is -3.72. The largest absolute Gasteiger partial charge is 0.399 e. The second-order valence-electron chi connectivity index (χ2n) is 6.98. The van der Waals surface area contributed by atoms with Crippen LogP contribution in [0.4, 0.5) is 15.8 Å². The van der Waals surface area contributed by atoms with Gasteiger partial charge in [0.05, 0.1) is 4.90 Å². The van der Waals surface area contributed by atoms with E-state index in [0.29, 0.717) is 18.2 Å². The fourth-order valence-corrected chi connectivity index (χ4v) is 4.44. The van der Waals surface area contributed by atoms with Crippen molar-refractivity contribution in [3.63, 3.8) is 0 Å². The Bertz CT molecular complexity index is 878. The van der Waals surface area contributed by atoms with Gasteiger partial charge in [-0.05, 0) is 66.8 Å². The second kappa shape index (κ2) is 7.25. The highest BCUT2D eigenvalue weighted by Crippen LogP contribution is 2.33. The van der Waals surface area contributed by atoms with Gasteiger partial charge in [0.2, 0.25) is 10.0 Å². The highest BCUT2D eigenvalue weighted by atomic mass is 32.2. The Kier molecular flexibility index (Phi) is 5.20. The van der Waals surface area contributed by atoms with Gasteiger partial charge in [-0.2, -0.15) is 4.31 Å². The summed E-state index contributed by atoms with van der Waals surface area (Å²) in [6.45, 7) is 0.691. The molecule has 0 radical (unpaired) electrons. The summed E-state index contributed by atoms with van der Waals surface area (Å²) in [7, 11) is 0.104. The molecule has 5 nitrogen and oxygen atoms in total. The summed E-state index contributed by atoms with van der Waals surface area (Å²) in [6, 6.07) is 10.5. The number of nitrogen functional groups attached to an aromatic ring is 1. The molecule has 0 saturated heterocycles. The van der Waals surface area contributed by atoms with Gasteiger partial charge in [0.25, 0.3) is 0 Å². The third kappa shape index (κ3) is 4.16. The van der Waals surface area contributed by atoms with E-state index in [1.807, 2.05) is 31.1 Å². The van der Waals surface area contributed by atoms with Crippen LogP contribution in [0.25, 0.3) is 0 Å². The molecule has 2 aromatic carbocycles. The molecule has 7 heteroatoms. The monoisotopic (exact) mass is 377 g/mol. The van der Waals surface area contributed by atoms with Crippen LogP contribution in [0.2, 0.25) is 0 Å². The lowest BCUT2D eigenvalue weighted by atomic mass is 10.1. The molecule has 0 spiro atoms. The van der Waals surface area contributed by atoms with Crippen LogP contribution in [0.5, 0.6) is 0 Å². The number of rotatable bonds is 7. The van der Waals surface area contributed by atoms with E-state index in [2.05, 4.69) is 0 Å². The Morgan fingerprint density at radius 2 is 1.77 bits per heavy atom. The Labute approximate surface area is 154 Å². The van der Waals surface area contributed by atoms with Gasteiger partial charge in [-0.15, -0.1) is 0 Å². The lowest BCUT2D eigenvalue weighted by Crippen LogP contribution is -2.33. The SMILES string of the molecule is CN(C)c1ccc(N)cc1CN(CC1CC1)S(=O)(=O)c1ccc(F)cc1. The second-order valence-corrected chi connectivity index (χ2v) is 8.92. The molecule has 0 aliphatic heterocycles. The van der Waals surface area contributed by atoms with Crippen molar-refractivity contribution in [1.82, 2.24) is 4.31 Å². The van der Waals surface area contributed by atoms with Crippen LogP contribution in [-0.4, -0.2) is 33.4 Å². The summed E-state index contributed by atoms with van der Waals surface area (Å²) in [5.74, 6) is -0.0718. The summed E-state index contributed by atoms with van der Waals surface area (Å²) in [5, 5.41) is 0. The van der Waals surface area contributed by atoms with Crippen molar-refractivity contribution < 1.29 is 12.8 Å². The van der Waals surface area contributed by atoms with E-state index in [4.69, 9.17) is 5.73 Å². The topological polar surface area (TPSA) is 66.6 Å². The smallest absolute Gasteiger partial charge is 0.243 e. The average Bonchev–Trinajstić information content (AvgIpc) is 3.38. The third-order valence-electron chi connectivity index (χ3n) is 4.54. The molecule has 1 saturated carbocycles. The van der Waals surface area contributed by atoms with E-state index in [0.717, 1.165) is 24.1 Å². The van der Waals surface area contributed by atoms with Crippen molar-refractivity contribution in [3.8, 4) is 0 Å². The summed E-state index contributed by atoms with van der Waals surface area (Å²) < 4.78 is 41.0. The Hall–Kier alpha value is -2.12. The number of halogens is 1. The summed E-state index contributed by atoms with van der Waals surface area (Å²) >= 11 is 0. The molecule has 1 aliphatic rings. The number of benzene rings is 2. The molecule has 0 amide bonds. The van der Waals surface area contributed by atoms with Crippen molar-refractivity contribution in [3.05, 3.63) is 53.8 Å². The fraction of sp³-hybridized carbons (Fsp3) is 0.368. The van der Waals surface area contributed by atoms with Crippen LogP contribution in [0.1, 0.15) is 18.4 Å². The molecule has 0 aromatic heterocycles. The van der Waals surface area contributed by atoms with Gasteiger partial charge < -0.3 is 10.6 Å². The van der Waals surface area contributed by atoms with Gasteiger partial charge in [-0.3, -0.25) is 0 Å². The first kappa shape index (κ1) is 18.7. The van der Waals surface area contributed by atoms with Crippen LogP contribution >= 0.6 is 0 Å². The van der Waals surface area contributed by atoms with Gasteiger partial charge in [0, 0.05) is 38.6 Å². The van der Waals surface area contributed by atoms with E-state index < -0.39 is 15.8 Å². The number of hydrogen-bond donors (Lipinski definition) is 1. The van der Waals surface area contributed by atoms with Crippen LogP contribution in [0.3, 0.4) is 0 Å². The third-order valence-corrected chi connectivity index (χ3v) is 6.37. The zero-order valence-corrected chi connectivity index (χ0v) is 15.8. The van der Waals surface area contributed by atoms with Gasteiger partial charge in [0.15, 0.2) is 0 Å². The Morgan fingerprint density at radius 1 is 1.12 bits per heavy atom. The van der Waals surface area contributed by atoms with Crippen LogP contribution in [-0.2, 0) is 16.6 Å². The minimum absolute atomic E-state index is 0.106. The summed E-state index contributed by atoms with van der Waals surface area (Å²) in [4.78, 5) is 2.05. The van der Waals surface area contributed by atoms with E-state index in [1.54, 1.807) is 6.07 Å². The van der Waals surface area contributed by atoms with Crippen molar-refractivity contribution in [2.45, 2.75) is 24.3 Å². The molecule has 2 aromatic rings. The Balaban J connectivity index is 1.96. The number of nitrogens with zero attached hydrogens (tertiary/aromatic N) is 2. The normalized spacial score (nSPS) is 14.6. The number of hydrogen-bond acceptors (Lipinski definition) is 4. The predicted octanol–water partition coefficient (Wildman–Crippen LogP) is 3.07. The first-order valence-corrected chi connectivity index (χ1v) is 10.0. The highest BCUT2D eigenvalue weighted by molar-refractivity contribution is 7.89. The van der Waals surface area contributed by atoms with Gasteiger partial charge in [0.1, 0.15) is 5.82 Å². The molecular weight excluding hydrogens is 353 g/mol. The molecule has 0 bridgehead atoms. The molecule has 0 heterocycles. The molecule has 2 N–H and O–H groups in total. The maximum absolute atomic E-state index is 13.2. The molecule has 26 heavy (non-hydrogen) atoms. The quantitative estimate of drug-likeness (QED) is 0.753. The first-order chi connectivity index (χ1) is 12.3. The average molecular weight is 377 g/mol. The van der Waals surface area contributed by atoms with Crippen molar-refractivity contribution >= 4 is 21.4 Å². The van der Waals surface area contributed by atoms with Crippen molar-refractivity contribution in [1.29, 1.82) is 0 Å². The van der Waals surface area contributed by atoms with Crippen LogP contribution in [0, 0.1) is 11.7 Å². The zero-order valence-electron chi connectivity index (χ0n) is 15.0. The summed E-state index contributed by atoms with van der Waals surface area (Å²) in [6.07, 6.45) is 2.07. The fourth-order valence-electron chi connectivity index (χ4n) is 2.95. The van der Waals surface area contributed by atoms with E-state index in [1.165, 1.54) is 28.6 Å². The number of nitrogens with two attached hydrogens (primary N) is 1. The van der Waals surface area contributed by atoms with E-state index in [9.17, 15) is 12.8 Å². The molecule has 140 valence electrons. The van der Waals surface area contributed by atoms with Gasteiger partial charge in [-0.25, -0.2) is 12.8 Å². The molecule has 0 unspecified atom stereocenters. The van der Waals surface area contributed by atoms with Gasteiger partial charge >= 0.3 is 0 Å². The molecule has 1 fully saturated rings. The van der Waals surface area contributed by atoms with Crippen molar-refractivity contribution in [2.24, 2.45) is 5.92 Å². The Morgan fingerprint density at radius 3 is 2.35 bits per heavy atom. The highest BCUT2D eigenvalue weighted by Gasteiger charge is 2.32. The van der Waals surface area contributed by atoms with E-state index >= 15 is 0 Å². The molecular formula is C19H24FN3O2S. The molecule has 1 aliphatic carbocycles. The zero-order chi connectivity index (χ0) is 18.9. The number of sulfonamides is 1. The predicted molar refractivity (Wildman–Crippen MR) is 102 cm³/mol. The summed E-state index contributed by atoms with van der Waals surface area (Å²) in [5.41, 5.74) is 8.29. The van der Waals surface area contributed by atoms with Gasteiger partial charge in [-0.1, -0.05) is 0 Å². The van der Waals surface area contributed by atoms with E-state index in [-0.39, 0.29) is 11.4 Å². The van der Waals surface area contributed by atoms with Crippen molar-refractivity contribution in [2.75, 3.05) is 31.3 Å². The maximum Gasteiger partial charge on any atom is 0.243 e. The first-order valence-electron chi connectivity index (χ1n) is 8.59. The molecule has 3 rings (SSSR count). The lowest BCUT2D eigenvalue weighted by molar-refractivity contribution is 0.391.